The number of nitrogens with zero attached hydrogens (tertiary/aromatic N) is 1. The van der Waals surface area contributed by atoms with Gasteiger partial charge in [0.15, 0.2) is 11.6 Å². The van der Waals surface area contributed by atoms with Crippen molar-refractivity contribution in [1.29, 1.82) is 0 Å². The Kier molecular flexibility index (Phi) is 5.55. The first-order valence-corrected chi connectivity index (χ1v) is 6.09. The minimum Gasteiger partial charge on any atom is -0.325 e. The Hall–Kier alpha value is -1.65. The molecule has 2 amide bonds. The van der Waals surface area contributed by atoms with Crippen molar-refractivity contribution in [2.24, 2.45) is 0 Å². The van der Waals surface area contributed by atoms with Crippen molar-refractivity contribution in [1.82, 2.24) is 4.90 Å². The average Bonchev–Trinajstić information content (AvgIpc) is 2.33. The molecule has 0 fully saturated rings. The summed E-state index contributed by atoms with van der Waals surface area (Å²) in [6.45, 7) is 5.24. The summed E-state index contributed by atoms with van der Waals surface area (Å²) < 4.78 is 25.7. The predicted molar refractivity (Wildman–Crippen MR) is 67.5 cm³/mol. The van der Waals surface area contributed by atoms with Crippen LogP contribution in [0.25, 0.3) is 0 Å². The normalized spacial score (nSPS) is 10.2. The molecule has 0 unspecified atom stereocenters. The Bertz CT molecular complexity index is 404. The zero-order valence-corrected chi connectivity index (χ0v) is 10.7. The van der Waals surface area contributed by atoms with Crippen LogP contribution in [-0.4, -0.2) is 24.0 Å². The standard InChI is InChI=1S/C13H18F2N2O/c1-3-7-17(8-4-2)13(18)16-10-5-6-11(14)12(15)9-10/h5-6,9H,3-4,7-8H2,1-2H3,(H,16,18). The van der Waals surface area contributed by atoms with E-state index in [9.17, 15) is 13.6 Å². The Balaban J connectivity index is 2.69. The predicted octanol–water partition coefficient (Wildman–Crippen LogP) is 3.62. The Morgan fingerprint density at radius 2 is 1.78 bits per heavy atom. The van der Waals surface area contributed by atoms with Crippen LogP contribution in [0.3, 0.4) is 0 Å². The molecule has 0 saturated carbocycles. The first-order chi connectivity index (χ1) is 8.58. The third-order valence-corrected chi connectivity index (χ3v) is 2.45. The van der Waals surface area contributed by atoms with Crippen molar-refractivity contribution in [3.8, 4) is 0 Å². The number of benzene rings is 1. The number of carbonyl (C=O) groups is 1. The molecule has 0 aromatic heterocycles. The lowest BCUT2D eigenvalue weighted by atomic mass is 10.3. The van der Waals surface area contributed by atoms with E-state index >= 15 is 0 Å². The second kappa shape index (κ2) is 6.93. The second-order valence-electron chi connectivity index (χ2n) is 4.05. The molecule has 0 spiro atoms. The molecule has 0 radical (unpaired) electrons. The summed E-state index contributed by atoms with van der Waals surface area (Å²) in [7, 11) is 0. The lowest BCUT2D eigenvalue weighted by molar-refractivity contribution is 0.211. The van der Waals surface area contributed by atoms with Gasteiger partial charge in [0, 0.05) is 24.8 Å². The van der Waals surface area contributed by atoms with Crippen molar-refractivity contribution in [2.45, 2.75) is 26.7 Å². The SMILES string of the molecule is CCCN(CCC)C(=O)Nc1ccc(F)c(F)c1. The van der Waals surface area contributed by atoms with Gasteiger partial charge in [-0.15, -0.1) is 0 Å². The monoisotopic (exact) mass is 256 g/mol. The van der Waals surface area contributed by atoms with Crippen molar-refractivity contribution >= 4 is 11.7 Å². The summed E-state index contributed by atoms with van der Waals surface area (Å²) in [6, 6.07) is 3.02. The molecule has 1 aromatic rings. The van der Waals surface area contributed by atoms with Crippen LogP contribution in [0.2, 0.25) is 0 Å². The van der Waals surface area contributed by atoms with Gasteiger partial charge in [0.05, 0.1) is 0 Å². The number of hydrogen-bond donors (Lipinski definition) is 1. The first kappa shape index (κ1) is 14.4. The molecular weight excluding hydrogens is 238 g/mol. The van der Waals surface area contributed by atoms with E-state index in [-0.39, 0.29) is 11.7 Å². The summed E-state index contributed by atoms with van der Waals surface area (Å²) in [5, 5.41) is 2.56. The van der Waals surface area contributed by atoms with E-state index in [0.717, 1.165) is 25.0 Å². The molecule has 0 atom stereocenters. The molecule has 0 bridgehead atoms. The summed E-state index contributed by atoms with van der Waals surface area (Å²) in [4.78, 5) is 13.5. The van der Waals surface area contributed by atoms with Crippen LogP contribution in [0, 0.1) is 11.6 Å². The zero-order chi connectivity index (χ0) is 13.5. The van der Waals surface area contributed by atoms with E-state index in [1.165, 1.54) is 6.07 Å². The highest BCUT2D eigenvalue weighted by Crippen LogP contribution is 2.13. The van der Waals surface area contributed by atoms with Crippen molar-refractivity contribution in [3.63, 3.8) is 0 Å². The van der Waals surface area contributed by atoms with Crippen LogP contribution < -0.4 is 5.32 Å². The topological polar surface area (TPSA) is 32.3 Å². The number of amides is 2. The maximum atomic E-state index is 13.0. The molecule has 18 heavy (non-hydrogen) atoms. The average molecular weight is 256 g/mol. The molecule has 1 aromatic carbocycles. The quantitative estimate of drug-likeness (QED) is 0.857. The third-order valence-electron chi connectivity index (χ3n) is 2.45. The van der Waals surface area contributed by atoms with Crippen molar-refractivity contribution in [3.05, 3.63) is 29.8 Å². The highest BCUT2D eigenvalue weighted by Gasteiger charge is 2.12. The summed E-state index contributed by atoms with van der Waals surface area (Å²) in [5.41, 5.74) is 0.260. The smallest absolute Gasteiger partial charge is 0.321 e. The molecule has 100 valence electrons. The highest BCUT2D eigenvalue weighted by molar-refractivity contribution is 5.89. The zero-order valence-electron chi connectivity index (χ0n) is 10.7. The molecular formula is C13H18F2N2O. The van der Waals surface area contributed by atoms with Gasteiger partial charge in [-0.3, -0.25) is 0 Å². The number of anilines is 1. The fraction of sp³-hybridized carbons (Fsp3) is 0.462. The van der Waals surface area contributed by atoms with E-state index in [1.54, 1.807) is 4.90 Å². The molecule has 3 nitrogen and oxygen atoms in total. The van der Waals surface area contributed by atoms with Gasteiger partial charge in [-0.2, -0.15) is 0 Å². The number of nitrogens with one attached hydrogen (secondary N) is 1. The lowest BCUT2D eigenvalue weighted by Crippen LogP contribution is -2.36. The van der Waals surface area contributed by atoms with E-state index in [1.807, 2.05) is 13.8 Å². The fourth-order valence-corrected chi connectivity index (χ4v) is 1.63. The summed E-state index contributed by atoms with van der Waals surface area (Å²) in [5.74, 6) is -1.89. The van der Waals surface area contributed by atoms with Gasteiger partial charge in [0.1, 0.15) is 0 Å². The van der Waals surface area contributed by atoms with Gasteiger partial charge >= 0.3 is 6.03 Å². The van der Waals surface area contributed by atoms with E-state index in [4.69, 9.17) is 0 Å². The minimum atomic E-state index is -0.967. The Morgan fingerprint density at radius 1 is 1.17 bits per heavy atom. The van der Waals surface area contributed by atoms with Gasteiger partial charge in [-0.1, -0.05) is 13.8 Å². The van der Waals surface area contributed by atoms with Gasteiger partial charge in [0.2, 0.25) is 0 Å². The van der Waals surface area contributed by atoms with Gasteiger partial charge in [0.25, 0.3) is 0 Å². The number of halogens is 2. The third kappa shape index (κ3) is 3.98. The Morgan fingerprint density at radius 3 is 2.28 bits per heavy atom. The molecule has 0 heterocycles. The maximum Gasteiger partial charge on any atom is 0.321 e. The van der Waals surface area contributed by atoms with E-state index in [0.29, 0.717) is 13.1 Å². The fourth-order valence-electron chi connectivity index (χ4n) is 1.63. The molecule has 1 N–H and O–H groups in total. The number of rotatable bonds is 5. The Labute approximate surface area is 106 Å². The number of hydrogen-bond acceptors (Lipinski definition) is 1. The molecule has 0 aliphatic rings. The van der Waals surface area contributed by atoms with E-state index < -0.39 is 11.6 Å². The molecule has 0 aliphatic heterocycles. The van der Waals surface area contributed by atoms with Crippen LogP contribution in [0.4, 0.5) is 19.3 Å². The molecule has 1 rings (SSSR count). The second-order valence-corrected chi connectivity index (χ2v) is 4.05. The van der Waals surface area contributed by atoms with Crippen LogP contribution >= 0.6 is 0 Å². The van der Waals surface area contributed by atoms with Crippen LogP contribution in [0.5, 0.6) is 0 Å². The van der Waals surface area contributed by atoms with Crippen molar-refractivity contribution in [2.75, 3.05) is 18.4 Å². The van der Waals surface area contributed by atoms with Gasteiger partial charge < -0.3 is 10.2 Å². The first-order valence-electron chi connectivity index (χ1n) is 6.09. The molecule has 0 saturated heterocycles. The van der Waals surface area contributed by atoms with Crippen LogP contribution in [0.1, 0.15) is 26.7 Å². The van der Waals surface area contributed by atoms with Gasteiger partial charge in [-0.25, -0.2) is 13.6 Å². The van der Waals surface area contributed by atoms with Crippen LogP contribution in [-0.2, 0) is 0 Å². The maximum absolute atomic E-state index is 13.0. The summed E-state index contributed by atoms with van der Waals surface area (Å²) >= 11 is 0. The number of carbonyl (C=O) groups excluding carboxylic acids is 1. The van der Waals surface area contributed by atoms with Crippen LogP contribution in [0.15, 0.2) is 18.2 Å². The van der Waals surface area contributed by atoms with Gasteiger partial charge in [-0.05, 0) is 25.0 Å². The largest absolute Gasteiger partial charge is 0.325 e. The molecule has 5 heteroatoms. The molecule has 0 aliphatic carbocycles. The summed E-state index contributed by atoms with van der Waals surface area (Å²) in [6.07, 6.45) is 1.70. The van der Waals surface area contributed by atoms with Crippen molar-refractivity contribution < 1.29 is 13.6 Å². The highest BCUT2D eigenvalue weighted by atomic mass is 19.2. The van der Waals surface area contributed by atoms with E-state index in [2.05, 4.69) is 5.32 Å². The lowest BCUT2D eigenvalue weighted by Gasteiger charge is -2.21. The number of urea groups is 1. The minimum absolute atomic E-state index is 0.260.